The van der Waals surface area contributed by atoms with Crippen molar-refractivity contribution in [3.05, 3.63) is 34.3 Å². The average molecular weight is 323 g/mol. The predicted molar refractivity (Wildman–Crippen MR) is 78.8 cm³/mol. The average Bonchev–Trinajstić information content (AvgIpc) is 3.19. The Bertz CT molecular complexity index is 474. The highest BCUT2D eigenvalue weighted by Gasteiger charge is 2.46. The van der Waals surface area contributed by atoms with Crippen molar-refractivity contribution >= 4 is 21.8 Å². The summed E-state index contributed by atoms with van der Waals surface area (Å²) >= 11 is 3.44. The second-order valence-electron chi connectivity index (χ2n) is 5.69. The number of carbonyl (C=O) groups excluding carboxylic acids is 1. The van der Waals surface area contributed by atoms with Crippen LogP contribution in [0.2, 0.25) is 0 Å². The lowest BCUT2D eigenvalue weighted by Gasteiger charge is -2.31. The minimum atomic E-state index is 0.169. The van der Waals surface area contributed by atoms with Crippen LogP contribution >= 0.6 is 15.9 Å². The Hall–Kier alpha value is -0.870. The van der Waals surface area contributed by atoms with Gasteiger partial charge in [-0.1, -0.05) is 28.1 Å². The van der Waals surface area contributed by atoms with Gasteiger partial charge in [0.25, 0.3) is 0 Å². The Morgan fingerprint density at radius 2 is 2.05 bits per heavy atom. The van der Waals surface area contributed by atoms with E-state index in [1.807, 2.05) is 17.0 Å². The summed E-state index contributed by atoms with van der Waals surface area (Å²) in [5.74, 6) is 0.910. The van der Waals surface area contributed by atoms with Gasteiger partial charge in [-0.15, -0.1) is 0 Å². The lowest BCUT2D eigenvalue weighted by Crippen LogP contribution is -2.46. The first-order valence-corrected chi connectivity index (χ1v) is 7.74. The smallest absolute Gasteiger partial charge is 0.226 e. The highest BCUT2D eigenvalue weighted by Crippen LogP contribution is 2.48. The SMILES string of the molecule is N[C@@H]1CCCN(C(=O)[C@@H]2C[C@@H]2c2ccc(Br)cc2)C1. The lowest BCUT2D eigenvalue weighted by atomic mass is 10.0. The van der Waals surface area contributed by atoms with Crippen LogP contribution in [0, 0.1) is 5.92 Å². The van der Waals surface area contributed by atoms with E-state index in [4.69, 9.17) is 5.73 Å². The molecule has 1 amide bonds. The zero-order chi connectivity index (χ0) is 13.4. The van der Waals surface area contributed by atoms with E-state index in [2.05, 4.69) is 28.1 Å². The topological polar surface area (TPSA) is 46.3 Å². The maximum Gasteiger partial charge on any atom is 0.226 e. The largest absolute Gasteiger partial charge is 0.341 e. The van der Waals surface area contributed by atoms with Crippen molar-refractivity contribution in [3.63, 3.8) is 0 Å². The number of halogens is 1. The van der Waals surface area contributed by atoms with Crippen LogP contribution in [0.4, 0.5) is 0 Å². The Morgan fingerprint density at radius 3 is 2.74 bits per heavy atom. The fourth-order valence-corrected chi connectivity index (χ4v) is 3.26. The molecule has 3 atom stereocenters. The number of carbonyl (C=O) groups is 1. The second kappa shape index (κ2) is 5.25. The molecule has 3 rings (SSSR count). The molecule has 19 heavy (non-hydrogen) atoms. The fraction of sp³-hybridized carbons (Fsp3) is 0.533. The molecule has 1 aliphatic carbocycles. The van der Waals surface area contributed by atoms with Crippen molar-refractivity contribution in [2.24, 2.45) is 11.7 Å². The second-order valence-corrected chi connectivity index (χ2v) is 6.60. The van der Waals surface area contributed by atoms with E-state index in [-0.39, 0.29) is 12.0 Å². The van der Waals surface area contributed by atoms with Crippen LogP contribution in [0.3, 0.4) is 0 Å². The van der Waals surface area contributed by atoms with E-state index >= 15 is 0 Å². The molecule has 1 aromatic carbocycles. The summed E-state index contributed by atoms with van der Waals surface area (Å²) in [6, 6.07) is 8.49. The van der Waals surface area contributed by atoms with Gasteiger partial charge >= 0.3 is 0 Å². The number of amides is 1. The van der Waals surface area contributed by atoms with Crippen molar-refractivity contribution in [1.29, 1.82) is 0 Å². The Morgan fingerprint density at radius 1 is 1.32 bits per heavy atom. The first-order chi connectivity index (χ1) is 9.15. The molecular formula is C15H19BrN2O. The summed E-state index contributed by atoms with van der Waals surface area (Å²) in [5.41, 5.74) is 7.23. The fourth-order valence-electron chi connectivity index (χ4n) is 2.99. The summed E-state index contributed by atoms with van der Waals surface area (Å²) in [7, 11) is 0. The molecule has 0 radical (unpaired) electrons. The van der Waals surface area contributed by atoms with Gasteiger partial charge in [0, 0.05) is 29.5 Å². The molecule has 1 saturated heterocycles. The number of likely N-dealkylation sites (tertiary alicyclic amines) is 1. The summed E-state index contributed by atoms with van der Waals surface area (Å²) in [4.78, 5) is 14.4. The summed E-state index contributed by atoms with van der Waals surface area (Å²) in [6.07, 6.45) is 3.08. The Kier molecular flexibility index (Phi) is 3.63. The molecule has 1 aromatic rings. The molecule has 0 aromatic heterocycles. The third kappa shape index (κ3) is 2.84. The highest BCUT2D eigenvalue weighted by molar-refractivity contribution is 9.10. The Labute approximate surface area is 122 Å². The monoisotopic (exact) mass is 322 g/mol. The van der Waals surface area contributed by atoms with Crippen molar-refractivity contribution in [1.82, 2.24) is 4.90 Å². The maximum atomic E-state index is 12.4. The van der Waals surface area contributed by atoms with Gasteiger partial charge in [0.15, 0.2) is 0 Å². The van der Waals surface area contributed by atoms with Crippen LogP contribution in [0.5, 0.6) is 0 Å². The first-order valence-electron chi connectivity index (χ1n) is 6.95. The molecule has 2 aliphatic rings. The Balaban J connectivity index is 1.62. The molecule has 0 unspecified atom stereocenters. The molecule has 0 bridgehead atoms. The van der Waals surface area contributed by atoms with Gasteiger partial charge in [-0.2, -0.15) is 0 Å². The van der Waals surface area contributed by atoms with Crippen molar-refractivity contribution in [2.75, 3.05) is 13.1 Å². The number of benzene rings is 1. The summed E-state index contributed by atoms with van der Waals surface area (Å²) < 4.78 is 1.08. The minimum Gasteiger partial charge on any atom is -0.341 e. The molecule has 1 heterocycles. The molecule has 1 aliphatic heterocycles. The molecule has 3 nitrogen and oxygen atoms in total. The van der Waals surface area contributed by atoms with Gasteiger partial charge in [0.05, 0.1) is 0 Å². The number of nitrogens with two attached hydrogens (primary N) is 1. The number of hydrogen-bond acceptors (Lipinski definition) is 2. The quantitative estimate of drug-likeness (QED) is 0.909. The van der Waals surface area contributed by atoms with E-state index in [0.717, 1.165) is 36.8 Å². The van der Waals surface area contributed by atoms with E-state index in [0.29, 0.717) is 11.8 Å². The molecular weight excluding hydrogens is 304 g/mol. The van der Waals surface area contributed by atoms with Crippen LogP contribution < -0.4 is 5.73 Å². The molecule has 102 valence electrons. The number of rotatable bonds is 2. The zero-order valence-electron chi connectivity index (χ0n) is 10.9. The highest BCUT2D eigenvalue weighted by atomic mass is 79.9. The molecule has 1 saturated carbocycles. The summed E-state index contributed by atoms with van der Waals surface area (Å²) in [6.45, 7) is 1.62. The van der Waals surface area contributed by atoms with E-state index in [1.54, 1.807) is 0 Å². The van der Waals surface area contributed by atoms with E-state index < -0.39 is 0 Å². The molecule has 2 N–H and O–H groups in total. The number of nitrogens with zero attached hydrogens (tertiary/aromatic N) is 1. The molecule has 2 fully saturated rings. The lowest BCUT2D eigenvalue weighted by molar-refractivity contribution is -0.133. The molecule has 4 heteroatoms. The van der Waals surface area contributed by atoms with Gasteiger partial charge < -0.3 is 10.6 Å². The number of piperidine rings is 1. The van der Waals surface area contributed by atoms with Crippen LogP contribution in [0.25, 0.3) is 0 Å². The first kappa shape index (κ1) is 13.1. The zero-order valence-corrected chi connectivity index (χ0v) is 12.5. The number of hydrogen-bond donors (Lipinski definition) is 1. The summed E-state index contributed by atoms with van der Waals surface area (Å²) in [5, 5.41) is 0. The van der Waals surface area contributed by atoms with E-state index in [9.17, 15) is 4.79 Å². The predicted octanol–water partition coefficient (Wildman–Crippen LogP) is 2.50. The minimum absolute atomic E-state index is 0.169. The van der Waals surface area contributed by atoms with Gasteiger partial charge in [-0.3, -0.25) is 4.79 Å². The molecule has 0 spiro atoms. The van der Waals surface area contributed by atoms with Gasteiger partial charge in [0.1, 0.15) is 0 Å². The van der Waals surface area contributed by atoms with Crippen LogP contribution in [0.1, 0.15) is 30.7 Å². The van der Waals surface area contributed by atoms with Crippen LogP contribution in [-0.2, 0) is 4.79 Å². The van der Waals surface area contributed by atoms with Crippen LogP contribution in [0.15, 0.2) is 28.7 Å². The third-order valence-electron chi connectivity index (χ3n) is 4.18. The van der Waals surface area contributed by atoms with E-state index in [1.165, 1.54) is 5.56 Å². The van der Waals surface area contributed by atoms with Gasteiger partial charge in [-0.05, 0) is 42.9 Å². The van der Waals surface area contributed by atoms with Gasteiger partial charge in [0.2, 0.25) is 5.91 Å². The normalized spacial score (nSPS) is 30.2. The van der Waals surface area contributed by atoms with Gasteiger partial charge in [-0.25, -0.2) is 0 Å². The van der Waals surface area contributed by atoms with Crippen molar-refractivity contribution in [3.8, 4) is 0 Å². The van der Waals surface area contributed by atoms with Crippen LogP contribution in [-0.4, -0.2) is 29.9 Å². The van der Waals surface area contributed by atoms with Crippen molar-refractivity contribution in [2.45, 2.75) is 31.2 Å². The standard InChI is InChI=1S/C15H19BrN2O/c16-11-5-3-10(4-6-11)13-8-14(13)15(19)18-7-1-2-12(17)9-18/h3-6,12-14H,1-2,7-9,17H2/t12-,13-,14-/m1/s1. The third-order valence-corrected chi connectivity index (χ3v) is 4.70. The van der Waals surface area contributed by atoms with Crippen molar-refractivity contribution < 1.29 is 4.79 Å². The maximum absolute atomic E-state index is 12.4.